The molecule has 0 spiro atoms. The Hall–Kier alpha value is -0.900. The molecule has 0 aliphatic carbocycles. The Morgan fingerprint density at radius 2 is 1.92 bits per heavy atom. The van der Waals surface area contributed by atoms with Crippen LogP contribution in [0, 0.1) is 5.92 Å². The standard InChI is InChI=1S/C8H16N2O2/c1-5(2)7(9)8(12)10-6(3)4-11/h4-7H,9H2,1-3H3,(H,10,12)/t6?,7-/m0/s1. The van der Waals surface area contributed by atoms with Crippen LogP contribution in [0.2, 0.25) is 0 Å². The van der Waals surface area contributed by atoms with Crippen molar-refractivity contribution in [1.82, 2.24) is 5.32 Å². The second-order valence-electron chi connectivity index (χ2n) is 3.20. The maximum Gasteiger partial charge on any atom is 0.237 e. The summed E-state index contributed by atoms with van der Waals surface area (Å²) >= 11 is 0. The molecular weight excluding hydrogens is 156 g/mol. The third kappa shape index (κ3) is 3.48. The SMILES string of the molecule is CC(C=O)NC(=O)[C@@H](N)C(C)C. The van der Waals surface area contributed by atoms with E-state index in [4.69, 9.17) is 5.73 Å². The predicted octanol–water partition coefficient (Wildman–Crippen LogP) is -0.327. The zero-order valence-electron chi connectivity index (χ0n) is 7.70. The summed E-state index contributed by atoms with van der Waals surface area (Å²) in [5, 5.41) is 2.48. The highest BCUT2D eigenvalue weighted by atomic mass is 16.2. The minimum absolute atomic E-state index is 0.0869. The van der Waals surface area contributed by atoms with Crippen molar-refractivity contribution in [2.24, 2.45) is 11.7 Å². The van der Waals surface area contributed by atoms with Crippen LogP contribution in [0.5, 0.6) is 0 Å². The van der Waals surface area contributed by atoms with Crippen molar-refractivity contribution in [2.45, 2.75) is 32.9 Å². The van der Waals surface area contributed by atoms with Crippen LogP contribution in [-0.4, -0.2) is 24.3 Å². The Morgan fingerprint density at radius 1 is 1.42 bits per heavy atom. The highest BCUT2D eigenvalue weighted by molar-refractivity contribution is 5.84. The van der Waals surface area contributed by atoms with Crippen molar-refractivity contribution in [3.8, 4) is 0 Å². The number of nitrogens with two attached hydrogens (primary N) is 1. The molecule has 0 aromatic carbocycles. The van der Waals surface area contributed by atoms with Gasteiger partial charge in [0.1, 0.15) is 6.29 Å². The molecule has 0 aliphatic rings. The fraction of sp³-hybridized carbons (Fsp3) is 0.750. The normalized spacial score (nSPS) is 15.4. The Morgan fingerprint density at radius 3 is 2.25 bits per heavy atom. The van der Waals surface area contributed by atoms with Crippen LogP contribution in [0.4, 0.5) is 0 Å². The second kappa shape index (κ2) is 4.87. The summed E-state index contributed by atoms with van der Waals surface area (Å²) in [6.07, 6.45) is 0.672. The lowest BCUT2D eigenvalue weighted by Gasteiger charge is -2.16. The number of rotatable bonds is 4. The van der Waals surface area contributed by atoms with Crippen LogP contribution in [-0.2, 0) is 9.59 Å². The molecule has 0 saturated carbocycles. The smallest absolute Gasteiger partial charge is 0.237 e. The molecule has 0 aromatic heterocycles. The van der Waals surface area contributed by atoms with Gasteiger partial charge in [0.15, 0.2) is 0 Å². The summed E-state index contributed by atoms with van der Waals surface area (Å²) in [7, 11) is 0. The molecule has 0 aliphatic heterocycles. The monoisotopic (exact) mass is 172 g/mol. The fourth-order valence-electron chi connectivity index (χ4n) is 0.657. The van der Waals surface area contributed by atoms with Crippen molar-refractivity contribution >= 4 is 12.2 Å². The van der Waals surface area contributed by atoms with Crippen molar-refractivity contribution in [1.29, 1.82) is 0 Å². The zero-order chi connectivity index (χ0) is 9.72. The zero-order valence-corrected chi connectivity index (χ0v) is 7.70. The van der Waals surface area contributed by atoms with Gasteiger partial charge in [-0.25, -0.2) is 0 Å². The molecule has 0 fully saturated rings. The van der Waals surface area contributed by atoms with Gasteiger partial charge in [0.05, 0.1) is 12.1 Å². The lowest BCUT2D eigenvalue weighted by Crippen LogP contribution is -2.47. The third-order valence-corrected chi connectivity index (χ3v) is 1.60. The van der Waals surface area contributed by atoms with Gasteiger partial charge in [0.2, 0.25) is 5.91 Å². The van der Waals surface area contributed by atoms with Crippen molar-refractivity contribution in [2.75, 3.05) is 0 Å². The first kappa shape index (κ1) is 11.1. The van der Waals surface area contributed by atoms with Gasteiger partial charge in [-0.3, -0.25) is 4.79 Å². The van der Waals surface area contributed by atoms with E-state index in [2.05, 4.69) is 5.32 Å². The molecule has 70 valence electrons. The molecule has 0 radical (unpaired) electrons. The minimum atomic E-state index is -0.535. The number of carbonyl (C=O) groups excluding carboxylic acids is 2. The maximum atomic E-state index is 11.2. The molecule has 0 rings (SSSR count). The quantitative estimate of drug-likeness (QED) is 0.570. The van der Waals surface area contributed by atoms with E-state index < -0.39 is 12.1 Å². The van der Waals surface area contributed by atoms with Gasteiger partial charge in [-0.15, -0.1) is 0 Å². The van der Waals surface area contributed by atoms with Crippen LogP contribution in [0.3, 0.4) is 0 Å². The van der Waals surface area contributed by atoms with E-state index in [0.717, 1.165) is 0 Å². The van der Waals surface area contributed by atoms with Gasteiger partial charge < -0.3 is 15.8 Å². The second-order valence-corrected chi connectivity index (χ2v) is 3.20. The summed E-state index contributed by atoms with van der Waals surface area (Å²) < 4.78 is 0. The molecule has 1 unspecified atom stereocenters. The summed E-state index contributed by atoms with van der Waals surface area (Å²) in [5.41, 5.74) is 5.54. The highest BCUT2D eigenvalue weighted by Crippen LogP contribution is 1.97. The minimum Gasteiger partial charge on any atom is -0.346 e. The van der Waals surface area contributed by atoms with E-state index in [-0.39, 0.29) is 11.8 Å². The van der Waals surface area contributed by atoms with Crippen molar-refractivity contribution in [3.05, 3.63) is 0 Å². The molecular formula is C8H16N2O2. The van der Waals surface area contributed by atoms with E-state index in [0.29, 0.717) is 6.29 Å². The van der Waals surface area contributed by atoms with Crippen LogP contribution < -0.4 is 11.1 Å². The Bertz CT molecular complexity index is 168. The van der Waals surface area contributed by atoms with Crippen molar-refractivity contribution < 1.29 is 9.59 Å². The Kier molecular flexibility index (Phi) is 4.51. The van der Waals surface area contributed by atoms with E-state index in [1.807, 2.05) is 13.8 Å². The van der Waals surface area contributed by atoms with Crippen molar-refractivity contribution in [3.63, 3.8) is 0 Å². The molecule has 1 amide bonds. The van der Waals surface area contributed by atoms with Gasteiger partial charge >= 0.3 is 0 Å². The van der Waals surface area contributed by atoms with Gasteiger partial charge in [0.25, 0.3) is 0 Å². The molecule has 4 heteroatoms. The lowest BCUT2D eigenvalue weighted by molar-refractivity contribution is -0.125. The maximum absolute atomic E-state index is 11.2. The first-order chi connectivity index (χ1) is 5.49. The number of nitrogens with one attached hydrogen (secondary N) is 1. The molecule has 12 heavy (non-hydrogen) atoms. The molecule has 0 heterocycles. The summed E-state index contributed by atoms with van der Waals surface area (Å²) in [5.74, 6) is -0.187. The lowest BCUT2D eigenvalue weighted by atomic mass is 10.0. The highest BCUT2D eigenvalue weighted by Gasteiger charge is 2.18. The van der Waals surface area contributed by atoms with Crippen LogP contribution in [0.1, 0.15) is 20.8 Å². The van der Waals surface area contributed by atoms with Gasteiger partial charge in [-0.05, 0) is 12.8 Å². The van der Waals surface area contributed by atoms with E-state index in [1.54, 1.807) is 6.92 Å². The predicted molar refractivity (Wildman–Crippen MR) is 46.5 cm³/mol. The molecule has 0 saturated heterocycles. The number of hydrogen-bond acceptors (Lipinski definition) is 3. The summed E-state index contributed by atoms with van der Waals surface area (Å²) in [4.78, 5) is 21.3. The third-order valence-electron chi connectivity index (χ3n) is 1.60. The van der Waals surface area contributed by atoms with Crippen LogP contribution in [0.15, 0.2) is 0 Å². The molecule has 0 bridgehead atoms. The number of amides is 1. The summed E-state index contributed by atoms with van der Waals surface area (Å²) in [6, 6.07) is -0.991. The largest absolute Gasteiger partial charge is 0.346 e. The first-order valence-electron chi connectivity index (χ1n) is 4.00. The van der Waals surface area contributed by atoms with E-state index >= 15 is 0 Å². The molecule has 4 nitrogen and oxygen atoms in total. The van der Waals surface area contributed by atoms with E-state index in [9.17, 15) is 9.59 Å². The van der Waals surface area contributed by atoms with Gasteiger partial charge in [-0.1, -0.05) is 13.8 Å². The van der Waals surface area contributed by atoms with Gasteiger partial charge in [-0.2, -0.15) is 0 Å². The Labute approximate surface area is 72.5 Å². The topological polar surface area (TPSA) is 72.2 Å². The Balaban J connectivity index is 3.95. The molecule has 0 aromatic rings. The molecule has 2 atom stereocenters. The van der Waals surface area contributed by atoms with Gasteiger partial charge in [0, 0.05) is 0 Å². The van der Waals surface area contributed by atoms with E-state index in [1.165, 1.54) is 0 Å². The molecule has 3 N–H and O–H groups in total. The average molecular weight is 172 g/mol. The van der Waals surface area contributed by atoms with Crippen LogP contribution >= 0.6 is 0 Å². The number of carbonyl (C=O) groups is 2. The fourth-order valence-corrected chi connectivity index (χ4v) is 0.657. The average Bonchev–Trinajstić information content (AvgIpc) is 2.02. The first-order valence-corrected chi connectivity index (χ1v) is 4.00. The number of hydrogen-bond donors (Lipinski definition) is 2. The van der Waals surface area contributed by atoms with Crippen LogP contribution in [0.25, 0.3) is 0 Å². The summed E-state index contributed by atoms with van der Waals surface area (Å²) in [6.45, 7) is 5.32. The number of aldehydes is 1.